The van der Waals surface area contributed by atoms with E-state index in [1.165, 1.54) is 20.9 Å². The van der Waals surface area contributed by atoms with E-state index in [9.17, 15) is 0 Å². The molecule has 2 aromatic rings. The van der Waals surface area contributed by atoms with Gasteiger partial charge in [0.05, 0.1) is 0 Å². The van der Waals surface area contributed by atoms with Crippen LogP contribution in [-0.4, -0.2) is 15.0 Å². The molecule has 1 heteroatoms. The predicted octanol–water partition coefficient (Wildman–Crippen LogP) is 2.52. The Labute approximate surface area is 97.5 Å². The van der Waals surface area contributed by atoms with Gasteiger partial charge in [-0.05, 0) is 0 Å². The summed E-state index contributed by atoms with van der Waals surface area (Å²) in [5, 5.41) is 1.19. The minimum atomic E-state index is 0.565. The van der Waals surface area contributed by atoms with E-state index in [4.69, 9.17) is 0 Å². The third kappa shape index (κ3) is 3.23. The minimum absolute atomic E-state index is 0.565. The van der Waals surface area contributed by atoms with Crippen LogP contribution in [0.5, 0.6) is 0 Å². The van der Waals surface area contributed by atoms with Crippen LogP contribution < -0.4 is 4.46 Å². The molecule has 0 N–H and O–H groups in total. The van der Waals surface area contributed by atoms with Crippen molar-refractivity contribution in [1.29, 1.82) is 0 Å². The fourth-order valence-electron chi connectivity index (χ4n) is 1.38. The standard InChI is InChI=1S/C14H14Se/c1-12-7-9-14(10-8-12)15-11-13-5-3-2-4-6-13/h2-10H,11H2,1H3. The molecular weight excluding hydrogens is 247 g/mol. The third-order valence-corrected chi connectivity index (χ3v) is 4.54. The van der Waals surface area contributed by atoms with E-state index in [-0.39, 0.29) is 0 Å². The number of benzene rings is 2. The average Bonchev–Trinajstić information content (AvgIpc) is 2.30. The molecule has 0 aliphatic carbocycles. The van der Waals surface area contributed by atoms with Crippen molar-refractivity contribution in [2.75, 3.05) is 0 Å². The molecule has 76 valence electrons. The molecule has 15 heavy (non-hydrogen) atoms. The van der Waals surface area contributed by atoms with Gasteiger partial charge in [0.15, 0.2) is 0 Å². The van der Waals surface area contributed by atoms with Crippen LogP contribution in [0.1, 0.15) is 11.1 Å². The van der Waals surface area contributed by atoms with Crippen molar-refractivity contribution in [3.8, 4) is 0 Å². The number of hydrogen-bond donors (Lipinski definition) is 0. The zero-order valence-corrected chi connectivity index (χ0v) is 10.5. The van der Waals surface area contributed by atoms with Crippen LogP contribution in [0.2, 0.25) is 0 Å². The van der Waals surface area contributed by atoms with Gasteiger partial charge in [0.25, 0.3) is 0 Å². The van der Waals surface area contributed by atoms with Crippen molar-refractivity contribution in [3.63, 3.8) is 0 Å². The van der Waals surface area contributed by atoms with Gasteiger partial charge in [-0.1, -0.05) is 0 Å². The summed E-state index contributed by atoms with van der Waals surface area (Å²) in [6.45, 7) is 2.13. The van der Waals surface area contributed by atoms with Crippen LogP contribution in [0.4, 0.5) is 0 Å². The molecule has 0 amide bonds. The van der Waals surface area contributed by atoms with Crippen LogP contribution in [-0.2, 0) is 5.32 Å². The summed E-state index contributed by atoms with van der Waals surface area (Å²) in [7, 11) is 0. The number of hydrogen-bond acceptors (Lipinski definition) is 0. The topological polar surface area (TPSA) is 0 Å². The Balaban J connectivity index is 1.96. The summed E-state index contributed by atoms with van der Waals surface area (Å²) in [6, 6.07) is 19.6. The number of rotatable bonds is 3. The molecule has 0 saturated carbocycles. The molecule has 0 heterocycles. The summed E-state index contributed by atoms with van der Waals surface area (Å²) < 4.78 is 1.48. The second-order valence-electron chi connectivity index (χ2n) is 3.59. The Hall–Kier alpha value is -1.04. The first-order valence-corrected chi connectivity index (χ1v) is 7.15. The summed E-state index contributed by atoms with van der Waals surface area (Å²) >= 11 is 0.565. The van der Waals surface area contributed by atoms with Gasteiger partial charge in [0.1, 0.15) is 0 Å². The van der Waals surface area contributed by atoms with Crippen LogP contribution in [0, 0.1) is 6.92 Å². The van der Waals surface area contributed by atoms with Crippen molar-refractivity contribution >= 4 is 19.4 Å². The van der Waals surface area contributed by atoms with Crippen molar-refractivity contribution in [1.82, 2.24) is 0 Å². The quantitative estimate of drug-likeness (QED) is 0.745. The van der Waals surface area contributed by atoms with E-state index in [0.717, 1.165) is 0 Å². The van der Waals surface area contributed by atoms with Crippen LogP contribution in [0.25, 0.3) is 0 Å². The van der Waals surface area contributed by atoms with Crippen LogP contribution >= 0.6 is 0 Å². The van der Waals surface area contributed by atoms with E-state index in [0.29, 0.717) is 15.0 Å². The molecule has 0 aliphatic rings. The van der Waals surface area contributed by atoms with E-state index in [2.05, 4.69) is 61.5 Å². The van der Waals surface area contributed by atoms with Gasteiger partial charge in [-0.25, -0.2) is 0 Å². The van der Waals surface area contributed by atoms with E-state index in [1.54, 1.807) is 0 Å². The molecule has 0 radical (unpaired) electrons. The van der Waals surface area contributed by atoms with Gasteiger partial charge in [-0.2, -0.15) is 0 Å². The van der Waals surface area contributed by atoms with Crippen LogP contribution in [0.15, 0.2) is 54.6 Å². The number of aryl methyl sites for hydroxylation is 1. The Morgan fingerprint density at radius 2 is 1.53 bits per heavy atom. The van der Waals surface area contributed by atoms with Crippen molar-refractivity contribution in [2.45, 2.75) is 12.2 Å². The second-order valence-corrected chi connectivity index (χ2v) is 5.79. The Bertz CT molecular complexity index is 403. The van der Waals surface area contributed by atoms with Gasteiger partial charge in [-0.3, -0.25) is 0 Å². The monoisotopic (exact) mass is 262 g/mol. The van der Waals surface area contributed by atoms with Crippen molar-refractivity contribution in [3.05, 3.63) is 65.7 Å². The van der Waals surface area contributed by atoms with Crippen LogP contribution in [0.3, 0.4) is 0 Å². The summed E-state index contributed by atoms with van der Waals surface area (Å²) in [6.07, 6.45) is 0. The van der Waals surface area contributed by atoms with Crippen molar-refractivity contribution < 1.29 is 0 Å². The fraction of sp³-hybridized carbons (Fsp3) is 0.143. The molecule has 0 bridgehead atoms. The summed E-state index contributed by atoms with van der Waals surface area (Å²) in [5.74, 6) is 0. The van der Waals surface area contributed by atoms with Gasteiger partial charge in [0.2, 0.25) is 0 Å². The Kier molecular flexibility index (Phi) is 3.60. The maximum absolute atomic E-state index is 2.25. The zero-order valence-electron chi connectivity index (χ0n) is 8.81. The Morgan fingerprint density at radius 3 is 2.20 bits per heavy atom. The first-order valence-electron chi connectivity index (χ1n) is 5.08. The van der Waals surface area contributed by atoms with Crippen molar-refractivity contribution in [2.24, 2.45) is 0 Å². The second kappa shape index (κ2) is 5.16. The molecule has 0 nitrogen and oxygen atoms in total. The third-order valence-electron chi connectivity index (χ3n) is 2.27. The summed E-state index contributed by atoms with van der Waals surface area (Å²) in [5.41, 5.74) is 2.78. The van der Waals surface area contributed by atoms with Gasteiger partial charge < -0.3 is 0 Å². The summed E-state index contributed by atoms with van der Waals surface area (Å²) in [4.78, 5) is 0. The average molecular weight is 261 g/mol. The molecular formula is C14H14Se. The molecule has 0 spiro atoms. The maximum atomic E-state index is 2.25. The first-order chi connectivity index (χ1) is 7.34. The van der Waals surface area contributed by atoms with Gasteiger partial charge in [0, 0.05) is 0 Å². The molecule has 0 fully saturated rings. The molecule has 0 saturated heterocycles. The molecule has 0 atom stereocenters. The van der Waals surface area contributed by atoms with Gasteiger partial charge >= 0.3 is 97.4 Å². The molecule has 2 rings (SSSR count). The normalized spacial score (nSPS) is 10.2. The van der Waals surface area contributed by atoms with E-state index in [1.807, 2.05) is 0 Å². The first kappa shape index (κ1) is 10.5. The van der Waals surface area contributed by atoms with Gasteiger partial charge in [-0.15, -0.1) is 0 Å². The zero-order chi connectivity index (χ0) is 10.5. The fourth-order valence-corrected chi connectivity index (χ4v) is 3.17. The molecule has 0 aromatic heterocycles. The van der Waals surface area contributed by atoms with E-state index < -0.39 is 0 Å². The predicted molar refractivity (Wildman–Crippen MR) is 66.7 cm³/mol. The SMILES string of the molecule is Cc1ccc([Se]Cc2ccccc2)cc1. The molecule has 2 aromatic carbocycles. The molecule has 0 aliphatic heterocycles. The molecule has 0 unspecified atom stereocenters. The Morgan fingerprint density at radius 1 is 0.867 bits per heavy atom. The van der Waals surface area contributed by atoms with E-state index >= 15 is 0 Å².